The van der Waals surface area contributed by atoms with Crippen molar-refractivity contribution in [3.63, 3.8) is 0 Å². The van der Waals surface area contributed by atoms with Crippen molar-refractivity contribution in [3.05, 3.63) is 71.3 Å². The summed E-state index contributed by atoms with van der Waals surface area (Å²) in [6.07, 6.45) is 7.95. The number of pyridine rings is 1. The van der Waals surface area contributed by atoms with Gasteiger partial charge in [0.2, 0.25) is 21.8 Å². The number of ether oxygens (including phenoxy) is 2. The molecule has 3 fully saturated rings. The fourth-order valence-corrected chi connectivity index (χ4v) is 10.9. The molecule has 1 saturated heterocycles. The fourth-order valence-electron chi connectivity index (χ4n) is 8.69. The zero-order valence-corrected chi connectivity index (χ0v) is 37.7. The van der Waals surface area contributed by atoms with Crippen LogP contribution in [0, 0.1) is 12.8 Å². The van der Waals surface area contributed by atoms with Crippen molar-refractivity contribution in [2.75, 3.05) is 19.0 Å². The molecule has 5 aromatic rings. The molecule has 0 unspecified atom stereocenters. The van der Waals surface area contributed by atoms with Gasteiger partial charge >= 0.3 is 0 Å². The lowest BCUT2D eigenvalue weighted by atomic mass is 10.0. The van der Waals surface area contributed by atoms with Gasteiger partial charge in [0.25, 0.3) is 11.9 Å². The number of hydrogen-bond donors (Lipinski definition) is 3. The van der Waals surface area contributed by atoms with Crippen molar-refractivity contribution in [3.8, 4) is 22.2 Å². The normalized spacial score (nSPS) is 25.4. The molecule has 9 rings (SSSR count). The number of allylic oxidation sites excluding steroid dienone is 1. The van der Waals surface area contributed by atoms with Crippen molar-refractivity contribution < 1.29 is 36.7 Å². The van der Waals surface area contributed by atoms with E-state index in [0.717, 1.165) is 40.9 Å². The second-order valence-corrected chi connectivity index (χ2v) is 21.0. The van der Waals surface area contributed by atoms with Gasteiger partial charge in [0.05, 0.1) is 29.6 Å². The number of aromatic nitrogens is 3. The minimum absolute atomic E-state index is 0.0426. The zero-order chi connectivity index (χ0) is 44.3. The number of amides is 3. The van der Waals surface area contributed by atoms with Crippen LogP contribution < -0.4 is 24.8 Å². The van der Waals surface area contributed by atoms with Crippen molar-refractivity contribution in [2.24, 2.45) is 5.92 Å². The van der Waals surface area contributed by atoms with Gasteiger partial charge in [-0.15, -0.1) is 11.3 Å². The van der Waals surface area contributed by atoms with E-state index >= 15 is 4.79 Å². The van der Waals surface area contributed by atoms with Crippen molar-refractivity contribution in [1.29, 1.82) is 0 Å². The Labute approximate surface area is 370 Å². The minimum Gasteiger partial charge on any atom is -0.496 e. The van der Waals surface area contributed by atoms with E-state index in [-0.39, 0.29) is 37.2 Å². The summed E-state index contributed by atoms with van der Waals surface area (Å²) >= 11 is 1.49. The predicted octanol–water partition coefficient (Wildman–Crippen LogP) is 7.16. The molecule has 5 heterocycles. The van der Waals surface area contributed by atoms with Gasteiger partial charge in [-0.25, -0.2) is 18.4 Å². The van der Waals surface area contributed by atoms with Crippen LogP contribution in [0.5, 0.6) is 11.5 Å². The number of methoxy groups -OCH3 is 1. The molecule has 2 saturated carbocycles. The molecule has 3 N–H and O–H groups in total. The lowest BCUT2D eigenvalue weighted by Gasteiger charge is -2.29. The van der Waals surface area contributed by atoms with E-state index in [1.807, 2.05) is 60.9 Å². The summed E-state index contributed by atoms with van der Waals surface area (Å²) in [5.74, 6) is -0.731. The van der Waals surface area contributed by atoms with Crippen LogP contribution in [0.2, 0.25) is 0 Å². The maximum absolute atomic E-state index is 15.0. The molecule has 0 radical (unpaired) electrons. The maximum Gasteiger partial charge on any atom is 0.296 e. The minimum atomic E-state index is -4.00. The van der Waals surface area contributed by atoms with Crippen LogP contribution in [-0.2, 0) is 24.4 Å². The monoisotopic (exact) mass is 895 g/mol. The van der Waals surface area contributed by atoms with Crippen molar-refractivity contribution >= 4 is 67.1 Å². The highest BCUT2D eigenvalue weighted by Crippen LogP contribution is 2.48. The largest absolute Gasteiger partial charge is 0.496 e. The Bertz CT molecular complexity index is 2710. The Morgan fingerprint density at radius 1 is 1.06 bits per heavy atom. The van der Waals surface area contributed by atoms with E-state index in [0.29, 0.717) is 59.5 Å². The molecule has 5 atom stereocenters. The van der Waals surface area contributed by atoms with E-state index in [1.165, 1.54) is 16.2 Å². The molecule has 2 aromatic carbocycles. The fraction of sp³-hybridized carbons (Fsp3) is 0.478. The second-order valence-electron chi connectivity index (χ2n) is 17.9. The molecule has 0 spiro atoms. The van der Waals surface area contributed by atoms with Crippen molar-refractivity contribution in [2.45, 2.75) is 120 Å². The van der Waals surface area contributed by atoms with E-state index in [1.54, 1.807) is 20.1 Å². The number of thiazole rings is 1. The van der Waals surface area contributed by atoms with Crippen LogP contribution in [0.25, 0.3) is 32.7 Å². The summed E-state index contributed by atoms with van der Waals surface area (Å²) in [7, 11) is -2.39. The summed E-state index contributed by atoms with van der Waals surface area (Å²) in [6, 6.07) is 11.2. The quantitative estimate of drug-likeness (QED) is 0.120. The summed E-state index contributed by atoms with van der Waals surface area (Å²) < 4.78 is 46.5. The number of nitrogens with zero attached hydrogens (tertiary/aromatic N) is 4. The Kier molecular flexibility index (Phi) is 11.2. The Morgan fingerprint density at radius 2 is 1.87 bits per heavy atom. The third-order valence-electron chi connectivity index (χ3n) is 13.1. The van der Waals surface area contributed by atoms with Gasteiger partial charge in [0.15, 0.2) is 5.58 Å². The van der Waals surface area contributed by atoms with Gasteiger partial charge in [-0.1, -0.05) is 51.0 Å². The highest BCUT2D eigenvalue weighted by molar-refractivity contribution is 7.91. The van der Waals surface area contributed by atoms with Crippen LogP contribution in [0.1, 0.15) is 95.7 Å². The Morgan fingerprint density at radius 3 is 2.62 bits per heavy atom. The maximum atomic E-state index is 15.0. The van der Waals surface area contributed by atoms with Gasteiger partial charge < -0.3 is 29.4 Å². The Balaban J connectivity index is 1.07. The topological polar surface area (TPSA) is 195 Å². The van der Waals surface area contributed by atoms with Gasteiger partial charge in [-0.2, -0.15) is 4.98 Å². The zero-order valence-electron chi connectivity index (χ0n) is 36.1. The highest BCUT2D eigenvalue weighted by Gasteiger charge is 2.63. The number of carbonyl (C=O) groups excluding carboxylic acids is 3. The van der Waals surface area contributed by atoms with Crippen LogP contribution in [0.4, 0.5) is 6.01 Å². The van der Waals surface area contributed by atoms with Crippen LogP contribution in [0.15, 0.2) is 64.4 Å². The molecular weight excluding hydrogens is 843 g/mol. The number of fused-ring (bicyclic) bond motifs is 4. The first-order valence-corrected chi connectivity index (χ1v) is 24.1. The van der Waals surface area contributed by atoms with Gasteiger partial charge in [0, 0.05) is 34.7 Å². The third kappa shape index (κ3) is 8.25. The molecule has 17 heteroatoms. The summed E-state index contributed by atoms with van der Waals surface area (Å²) in [4.78, 5) is 59.9. The van der Waals surface area contributed by atoms with E-state index < -0.39 is 56.2 Å². The summed E-state index contributed by atoms with van der Waals surface area (Å²) in [5, 5.41) is 9.72. The number of benzene rings is 2. The van der Waals surface area contributed by atoms with E-state index in [9.17, 15) is 18.0 Å². The smallest absolute Gasteiger partial charge is 0.296 e. The summed E-state index contributed by atoms with van der Waals surface area (Å²) in [5.41, 5.74) is 2.75. The molecular formula is C46H53N7O8S2. The standard InChI is InChI=1S/C46H53N7O8S2/c1-26(2)34-25-62-41(48-34)33-22-38(30-17-18-36(59-5)27(3)39(30)47-33)60-29-21-35-40(54)51-46(43(56)52-63(57,58)45(4)19-20-45)23-28(46)13-9-7-6-8-10-15-32(42(55)53(35)24-29)50-44-49-31-14-11-12-16-37(31)61-44/h9,11-14,16-18,22,25-26,28-29,32,35H,6-8,10,15,19-21,23-24H2,1-5H3,(H,49,50)(H,51,54)(H,52,56)/b13-9-/t28-,29-,32+,35+,46-/m1/s1. The van der Waals surface area contributed by atoms with E-state index in [4.69, 9.17) is 23.9 Å². The lowest BCUT2D eigenvalue weighted by molar-refractivity contribution is -0.140. The molecule has 4 aliphatic rings. The van der Waals surface area contributed by atoms with Crippen LogP contribution in [0.3, 0.4) is 0 Å². The lowest BCUT2D eigenvalue weighted by Crippen LogP contribution is -2.58. The first-order valence-electron chi connectivity index (χ1n) is 21.8. The second kappa shape index (κ2) is 16.5. The summed E-state index contributed by atoms with van der Waals surface area (Å²) in [6.45, 7) is 7.76. The molecule has 2 aliphatic carbocycles. The number of para-hydroxylation sites is 2. The number of rotatable bonds is 10. The molecule has 332 valence electrons. The first kappa shape index (κ1) is 42.7. The first-order chi connectivity index (χ1) is 30.2. The average molecular weight is 896 g/mol. The van der Waals surface area contributed by atoms with Gasteiger partial charge in [0.1, 0.15) is 51.4 Å². The van der Waals surface area contributed by atoms with Gasteiger partial charge in [-0.3, -0.25) is 19.1 Å². The highest BCUT2D eigenvalue weighted by atomic mass is 32.2. The van der Waals surface area contributed by atoms with Crippen LogP contribution in [-0.4, -0.2) is 88.1 Å². The molecule has 3 aromatic heterocycles. The van der Waals surface area contributed by atoms with Crippen molar-refractivity contribution in [1.82, 2.24) is 29.9 Å². The van der Waals surface area contributed by atoms with Gasteiger partial charge in [-0.05, 0) is 82.6 Å². The number of anilines is 1. The molecule has 0 bridgehead atoms. The number of aryl methyl sites for hydroxylation is 1. The molecule has 3 amide bonds. The molecule has 2 aliphatic heterocycles. The Hall–Kier alpha value is -5.55. The number of carbonyl (C=O) groups is 3. The third-order valence-corrected chi connectivity index (χ3v) is 16.1. The number of nitrogens with one attached hydrogen (secondary N) is 3. The van der Waals surface area contributed by atoms with E-state index in [2.05, 4.69) is 34.2 Å². The average Bonchev–Trinajstić information content (AvgIpc) is 3.90. The number of oxazole rings is 1. The SMILES string of the molecule is COc1ccc2c(O[C@@H]3C[C@H]4C(=O)N[C@]5(C(=O)NS(=O)(=O)C6(C)CC6)C[C@H]5/C=C\CCCCC[C@H](Nc5nc6ccccc6o5)C(=O)N4C3)cc(-c3nc(C(C)C)cs3)nc2c1C. The molecule has 63 heavy (non-hydrogen) atoms. The number of sulfonamides is 1. The predicted molar refractivity (Wildman–Crippen MR) is 240 cm³/mol. The van der Waals surface area contributed by atoms with Crippen LogP contribution >= 0.6 is 11.3 Å². The number of hydrogen-bond acceptors (Lipinski definition) is 13. The molecule has 15 nitrogen and oxygen atoms in total.